The van der Waals surface area contributed by atoms with E-state index in [9.17, 15) is 0 Å². The average molecular weight is 182 g/mol. The zero-order chi connectivity index (χ0) is 9.52. The molecule has 3 nitrogen and oxygen atoms in total. The molecule has 1 unspecified atom stereocenters. The van der Waals surface area contributed by atoms with Crippen LogP contribution in [0.25, 0.3) is 0 Å². The van der Waals surface area contributed by atoms with Gasteiger partial charge >= 0.3 is 0 Å². The monoisotopic (exact) mass is 182 g/mol. The normalized spacial score (nSPS) is 20.9. The summed E-state index contributed by atoms with van der Waals surface area (Å²) in [5, 5.41) is 8.42. The van der Waals surface area contributed by atoms with E-state index in [0.717, 1.165) is 6.61 Å². The smallest absolute Gasteiger partial charge is 0.116 e. The number of ether oxygens (including phenoxy) is 1. The summed E-state index contributed by atoms with van der Waals surface area (Å²) in [6, 6.07) is 1.50. The fourth-order valence-electron chi connectivity index (χ4n) is 1.75. The molecule has 0 radical (unpaired) electrons. The first-order valence-electron chi connectivity index (χ1n) is 5.06. The fraction of sp³-hybridized carbons (Fsp3) is 0.900. The van der Waals surface area contributed by atoms with Crippen LogP contribution in [0, 0.1) is 17.2 Å². The summed E-state index contributed by atoms with van der Waals surface area (Å²) in [5.74, 6) is 0.708. The number of hydrogen-bond acceptors (Lipinski definition) is 3. The molecular weight excluding hydrogens is 164 g/mol. The van der Waals surface area contributed by atoms with E-state index in [1.54, 1.807) is 0 Å². The number of nitrogens with two attached hydrogens (primary N) is 1. The van der Waals surface area contributed by atoms with Crippen LogP contribution >= 0.6 is 0 Å². The van der Waals surface area contributed by atoms with Gasteiger partial charge in [0.1, 0.15) is 6.04 Å². The molecule has 0 aromatic carbocycles. The van der Waals surface area contributed by atoms with Gasteiger partial charge in [0.15, 0.2) is 0 Å². The molecule has 0 heterocycles. The van der Waals surface area contributed by atoms with E-state index < -0.39 is 6.04 Å². The van der Waals surface area contributed by atoms with Crippen molar-refractivity contribution in [1.82, 2.24) is 0 Å². The van der Waals surface area contributed by atoms with E-state index in [0.29, 0.717) is 12.5 Å². The van der Waals surface area contributed by atoms with Gasteiger partial charge in [-0.05, 0) is 18.8 Å². The van der Waals surface area contributed by atoms with E-state index in [1.807, 2.05) is 6.07 Å². The summed E-state index contributed by atoms with van der Waals surface area (Å²) in [6.45, 7) is 1.17. The van der Waals surface area contributed by atoms with E-state index >= 15 is 0 Å². The number of nitriles is 1. The van der Waals surface area contributed by atoms with Crippen molar-refractivity contribution >= 4 is 0 Å². The predicted octanol–water partition coefficient (Wildman–Crippen LogP) is 1.43. The summed E-state index contributed by atoms with van der Waals surface area (Å²) in [7, 11) is 0. The maximum atomic E-state index is 8.42. The lowest BCUT2D eigenvalue weighted by Crippen LogP contribution is -2.26. The van der Waals surface area contributed by atoms with Crippen LogP contribution in [0.2, 0.25) is 0 Å². The van der Waals surface area contributed by atoms with Crippen molar-refractivity contribution in [2.75, 3.05) is 13.2 Å². The van der Waals surface area contributed by atoms with E-state index in [4.69, 9.17) is 15.7 Å². The molecule has 0 spiro atoms. The van der Waals surface area contributed by atoms with Crippen molar-refractivity contribution in [3.8, 4) is 6.07 Å². The van der Waals surface area contributed by atoms with E-state index in [-0.39, 0.29) is 0 Å². The molecule has 1 aliphatic rings. The summed E-state index contributed by atoms with van der Waals surface area (Å²) in [6.07, 6.45) is 6.59. The highest BCUT2D eigenvalue weighted by molar-refractivity contribution is 4.85. The van der Waals surface area contributed by atoms with Gasteiger partial charge in [0.05, 0.1) is 12.7 Å². The van der Waals surface area contributed by atoms with E-state index in [2.05, 4.69) is 0 Å². The lowest BCUT2D eigenvalue weighted by Gasteiger charge is -2.21. The molecule has 13 heavy (non-hydrogen) atoms. The standard InChI is InChI=1S/C10H18N2O/c11-6-10(12)8-13-7-9-4-2-1-3-5-9/h9-10H,1-5,7-8,12H2. The second-order valence-electron chi connectivity index (χ2n) is 3.78. The Morgan fingerprint density at radius 2 is 2.08 bits per heavy atom. The van der Waals surface area contributed by atoms with Gasteiger partial charge in [-0.25, -0.2) is 0 Å². The van der Waals surface area contributed by atoms with Crippen LogP contribution in [0.3, 0.4) is 0 Å². The first kappa shape index (κ1) is 10.5. The highest BCUT2D eigenvalue weighted by atomic mass is 16.5. The number of rotatable bonds is 4. The Kier molecular flexibility index (Phi) is 4.81. The number of hydrogen-bond donors (Lipinski definition) is 1. The van der Waals surface area contributed by atoms with Gasteiger partial charge in [0.2, 0.25) is 0 Å². The van der Waals surface area contributed by atoms with Crippen molar-refractivity contribution in [3.63, 3.8) is 0 Å². The van der Waals surface area contributed by atoms with Crippen LogP contribution in [0.5, 0.6) is 0 Å². The molecule has 0 amide bonds. The van der Waals surface area contributed by atoms with Gasteiger partial charge in [-0.2, -0.15) is 5.26 Å². The van der Waals surface area contributed by atoms with Crippen LogP contribution in [0.4, 0.5) is 0 Å². The zero-order valence-corrected chi connectivity index (χ0v) is 8.04. The maximum Gasteiger partial charge on any atom is 0.116 e. The highest BCUT2D eigenvalue weighted by Crippen LogP contribution is 2.23. The molecule has 1 aliphatic carbocycles. The molecule has 1 atom stereocenters. The Hall–Kier alpha value is -0.590. The third-order valence-electron chi connectivity index (χ3n) is 2.54. The fourth-order valence-corrected chi connectivity index (χ4v) is 1.75. The van der Waals surface area contributed by atoms with Crippen LogP contribution in [-0.4, -0.2) is 19.3 Å². The van der Waals surface area contributed by atoms with Crippen molar-refractivity contribution in [2.45, 2.75) is 38.1 Å². The molecule has 0 aliphatic heterocycles. The van der Waals surface area contributed by atoms with Gasteiger partial charge in [-0.3, -0.25) is 0 Å². The first-order chi connectivity index (χ1) is 6.33. The molecule has 2 N–H and O–H groups in total. The molecule has 3 heteroatoms. The molecular formula is C10H18N2O. The molecule has 0 saturated heterocycles. The average Bonchev–Trinajstić information content (AvgIpc) is 2.19. The molecule has 0 aromatic rings. The quantitative estimate of drug-likeness (QED) is 0.715. The molecule has 0 bridgehead atoms. The Morgan fingerprint density at radius 3 is 2.69 bits per heavy atom. The molecule has 0 aromatic heterocycles. The van der Waals surface area contributed by atoms with Gasteiger partial charge < -0.3 is 10.5 Å². The largest absolute Gasteiger partial charge is 0.378 e. The Balaban J connectivity index is 2.02. The summed E-state index contributed by atoms with van der Waals surface area (Å²) in [5.41, 5.74) is 5.40. The minimum atomic E-state index is -0.455. The molecule has 74 valence electrons. The van der Waals surface area contributed by atoms with Crippen molar-refractivity contribution in [3.05, 3.63) is 0 Å². The lowest BCUT2D eigenvalue weighted by molar-refractivity contribution is 0.0830. The Bertz CT molecular complexity index is 170. The van der Waals surface area contributed by atoms with Gasteiger partial charge in [0.25, 0.3) is 0 Å². The van der Waals surface area contributed by atoms with E-state index in [1.165, 1.54) is 32.1 Å². The van der Waals surface area contributed by atoms with Crippen molar-refractivity contribution in [1.29, 1.82) is 5.26 Å². The second-order valence-corrected chi connectivity index (χ2v) is 3.78. The third-order valence-corrected chi connectivity index (χ3v) is 2.54. The van der Waals surface area contributed by atoms with Crippen molar-refractivity contribution < 1.29 is 4.74 Å². The SMILES string of the molecule is N#CC(N)COCC1CCCCC1. The van der Waals surface area contributed by atoms with Crippen molar-refractivity contribution in [2.24, 2.45) is 11.7 Å². The summed E-state index contributed by atoms with van der Waals surface area (Å²) < 4.78 is 5.38. The number of nitrogens with zero attached hydrogens (tertiary/aromatic N) is 1. The molecule has 1 rings (SSSR count). The van der Waals surface area contributed by atoms with Gasteiger partial charge in [0, 0.05) is 6.61 Å². The topological polar surface area (TPSA) is 59.0 Å². The maximum absolute atomic E-state index is 8.42. The lowest BCUT2D eigenvalue weighted by atomic mass is 9.90. The minimum Gasteiger partial charge on any atom is -0.378 e. The predicted molar refractivity (Wildman–Crippen MR) is 51.0 cm³/mol. The van der Waals surface area contributed by atoms with Gasteiger partial charge in [-0.1, -0.05) is 19.3 Å². The Labute approximate surface area is 79.9 Å². The highest BCUT2D eigenvalue weighted by Gasteiger charge is 2.13. The van der Waals surface area contributed by atoms with Crippen LogP contribution in [0.1, 0.15) is 32.1 Å². The molecule has 1 fully saturated rings. The molecule has 1 saturated carbocycles. The van der Waals surface area contributed by atoms with Crippen LogP contribution < -0.4 is 5.73 Å². The summed E-state index contributed by atoms with van der Waals surface area (Å²) >= 11 is 0. The first-order valence-corrected chi connectivity index (χ1v) is 5.06. The van der Waals surface area contributed by atoms with Gasteiger partial charge in [-0.15, -0.1) is 0 Å². The summed E-state index contributed by atoms with van der Waals surface area (Å²) in [4.78, 5) is 0. The minimum absolute atomic E-state index is 0.382. The second kappa shape index (κ2) is 5.95. The van der Waals surface area contributed by atoms with Crippen LogP contribution in [0.15, 0.2) is 0 Å². The third kappa shape index (κ3) is 4.25. The Morgan fingerprint density at radius 1 is 1.38 bits per heavy atom. The van der Waals surface area contributed by atoms with Crippen LogP contribution in [-0.2, 0) is 4.74 Å². The zero-order valence-electron chi connectivity index (χ0n) is 8.04.